The Balaban J connectivity index is 1.60. The first-order chi connectivity index (χ1) is 10.6. The number of benzene rings is 2. The molecule has 2 aromatic rings. The van der Waals surface area contributed by atoms with Gasteiger partial charge in [0, 0.05) is 12.0 Å². The topological polar surface area (TPSA) is 41.1 Å². The fourth-order valence-electron chi connectivity index (χ4n) is 2.53. The lowest BCUT2D eigenvalue weighted by Gasteiger charge is -2.17. The van der Waals surface area contributed by atoms with E-state index in [9.17, 15) is 4.79 Å². The van der Waals surface area contributed by atoms with Crippen molar-refractivity contribution >= 4 is 34.9 Å². The first-order valence-corrected chi connectivity index (χ1v) is 7.91. The number of carbonyl (C=O) groups is 1. The summed E-state index contributed by atoms with van der Waals surface area (Å²) in [6.07, 6.45) is 2.18. The molecule has 1 fully saturated rings. The number of hydrogen-bond donors (Lipinski definition) is 2. The minimum Gasteiger partial charge on any atom is -0.337 e. The van der Waals surface area contributed by atoms with Crippen LogP contribution in [0.2, 0.25) is 10.0 Å². The summed E-state index contributed by atoms with van der Waals surface area (Å²) in [5.41, 5.74) is 1.86. The van der Waals surface area contributed by atoms with Crippen molar-refractivity contribution in [1.29, 1.82) is 0 Å². The highest BCUT2D eigenvalue weighted by Gasteiger charge is 2.44. The number of nitrogens with one attached hydrogen (secondary N) is 2. The van der Waals surface area contributed by atoms with E-state index < -0.39 is 0 Å². The lowest BCUT2D eigenvalue weighted by atomic mass is 9.96. The average molecular weight is 335 g/mol. The van der Waals surface area contributed by atoms with E-state index in [1.165, 1.54) is 5.56 Å². The van der Waals surface area contributed by atoms with Crippen LogP contribution in [0.1, 0.15) is 18.4 Å². The molecule has 5 heteroatoms. The number of carbonyl (C=O) groups excluding carboxylic acids is 1. The van der Waals surface area contributed by atoms with E-state index in [2.05, 4.69) is 22.8 Å². The molecule has 0 aliphatic heterocycles. The zero-order chi connectivity index (χ0) is 15.6. The zero-order valence-electron chi connectivity index (χ0n) is 11.9. The normalized spacial score (nSPS) is 15.2. The van der Waals surface area contributed by atoms with E-state index in [0.29, 0.717) is 22.3 Å². The number of halogens is 2. The Kier molecular flexibility index (Phi) is 4.27. The van der Waals surface area contributed by atoms with Crippen molar-refractivity contribution in [3.05, 3.63) is 64.1 Å². The van der Waals surface area contributed by atoms with Gasteiger partial charge in [-0.15, -0.1) is 0 Å². The Bertz CT molecular complexity index is 684. The summed E-state index contributed by atoms with van der Waals surface area (Å²) in [6.45, 7) is 0.612. The van der Waals surface area contributed by atoms with Crippen molar-refractivity contribution in [2.24, 2.45) is 0 Å². The molecule has 0 saturated heterocycles. The largest absolute Gasteiger partial charge is 0.337 e. The van der Waals surface area contributed by atoms with Gasteiger partial charge in [0.1, 0.15) is 0 Å². The van der Waals surface area contributed by atoms with Crippen molar-refractivity contribution in [2.75, 3.05) is 11.9 Å². The Morgan fingerprint density at radius 3 is 2.45 bits per heavy atom. The molecule has 3 nitrogen and oxygen atoms in total. The van der Waals surface area contributed by atoms with Gasteiger partial charge in [-0.25, -0.2) is 4.79 Å². The Labute approximate surface area is 139 Å². The number of rotatable bonds is 4. The highest BCUT2D eigenvalue weighted by atomic mass is 35.5. The average Bonchev–Trinajstić information content (AvgIpc) is 3.32. The van der Waals surface area contributed by atoms with Crippen LogP contribution in [0, 0.1) is 0 Å². The third-order valence-electron chi connectivity index (χ3n) is 4.03. The van der Waals surface area contributed by atoms with Gasteiger partial charge in [0.2, 0.25) is 0 Å². The lowest BCUT2D eigenvalue weighted by molar-refractivity contribution is 0.251. The van der Waals surface area contributed by atoms with E-state index in [-0.39, 0.29) is 11.4 Å². The Morgan fingerprint density at radius 1 is 1.05 bits per heavy atom. The van der Waals surface area contributed by atoms with Crippen molar-refractivity contribution in [2.45, 2.75) is 18.3 Å². The third kappa shape index (κ3) is 3.21. The zero-order valence-corrected chi connectivity index (χ0v) is 13.4. The number of urea groups is 1. The second-order valence-corrected chi connectivity index (χ2v) is 6.34. The lowest BCUT2D eigenvalue weighted by Crippen LogP contribution is -2.35. The van der Waals surface area contributed by atoms with E-state index in [4.69, 9.17) is 23.2 Å². The van der Waals surface area contributed by atoms with Crippen LogP contribution in [0.4, 0.5) is 10.5 Å². The molecule has 2 aromatic carbocycles. The molecule has 0 radical (unpaired) electrons. The van der Waals surface area contributed by atoms with Crippen LogP contribution in [0.25, 0.3) is 0 Å². The van der Waals surface area contributed by atoms with Crippen molar-refractivity contribution in [1.82, 2.24) is 5.32 Å². The van der Waals surface area contributed by atoms with E-state index >= 15 is 0 Å². The quantitative estimate of drug-likeness (QED) is 0.824. The summed E-state index contributed by atoms with van der Waals surface area (Å²) < 4.78 is 0. The highest BCUT2D eigenvalue weighted by Crippen LogP contribution is 2.47. The van der Waals surface area contributed by atoms with Crippen molar-refractivity contribution in [3.8, 4) is 0 Å². The maximum atomic E-state index is 12.1. The third-order valence-corrected chi connectivity index (χ3v) is 4.85. The molecular formula is C17H16Cl2N2O. The first-order valence-electron chi connectivity index (χ1n) is 7.15. The van der Waals surface area contributed by atoms with Crippen LogP contribution in [0.3, 0.4) is 0 Å². The summed E-state index contributed by atoms with van der Waals surface area (Å²) in [4.78, 5) is 12.1. The fraction of sp³-hybridized carbons (Fsp3) is 0.235. The minimum absolute atomic E-state index is 0.0801. The van der Waals surface area contributed by atoms with Gasteiger partial charge in [-0.2, -0.15) is 0 Å². The summed E-state index contributed by atoms with van der Waals surface area (Å²) in [5, 5.41) is 6.43. The molecule has 3 rings (SSSR count). The van der Waals surface area contributed by atoms with Crippen LogP contribution in [0.15, 0.2) is 48.5 Å². The number of anilines is 1. The van der Waals surface area contributed by atoms with E-state index in [1.807, 2.05) is 18.2 Å². The van der Waals surface area contributed by atoms with E-state index in [1.54, 1.807) is 18.2 Å². The Morgan fingerprint density at radius 2 is 1.77 bits per heavy atom. The molecule has 1 aliphatic rings. The van der Waals surface area contributed by atoms with Crippen molar-refractivity contribution < 1.29 is 4.79 Å². The molecule has 0 heterocycles. The highest BCUT2D eigenvalue weighted by molar-refractivity contribution is 6.43. The number of hydrogen-bond acceptors (Lipinski definition) is 1. The maximum Gasteiger partial charge on any atom is 0.319 e. The van der Waals surface area contributed by atoms with E-state index in [0.717, 1.165) is 12.8 Å². The Hall–Kier alpha value is -1.71. The van der Waals surface area contributed by atoms with Gasteiger partial charge in [0.15, 0.2) is 0 Å². The van der Waals surface area contributed by atoms with Crippen LogP contribution < -0.4 is 10.6 Å². The molecule has 1 aliphatic carbocycles. The molecule has 1 saturated carbocycles. The monoisotopic (exact) mass is 334 g/mol. The fourth-order valence-corrected chi connectivity index (χ4v) is 2.87. The predicted octanol–water partition coefficient (Wildman–Crippen LogP) is 4.85. The van der Waals surface area contributed by atoms with Crippen LogP contribution in [-0.2, 0) is 5.41 Å². The second kappa shape index (κ2) is 6.19. The molecule has 0 bridgehead atoms. The second-order valence-electron chi connectivity index (χ2n) is 5.56. The number of amides is 2. The molecule has 0 unspecified atom stereocenters. The van der Waals surface area contributed by atoms with Gasteiger partial charge in [-0.05, 0) is 30.5 Å². The van der Waals surface area contributed by atoms with Gasteiger partial charge in [-0.1, -0.05) is 59.6 Å². The summed E-state index contributed by atoms with van der Waals surface area (Å²) >= 11 is 12.0. The van der Waals surface area contributed by atoms with Gasteiger partial charge >= 0.3 is 6.03 Å². The molecule has 0 spiro atoms. The molecule has 0 aromatic heterocycles. The molecule has 2 N–H and O–H groups in total. The van der Waals surface area contributed by atoms with Crippen LogP contribution in [0.5, 0.6) is 0 Å². The smallest absolute Gasteiger partial charge is 0.319 e. The molecule has 0 atom stereocenters. The maximum absolute atomic E-state index is 12.1. The van der Waals surface area contributed by atoms with Gasteiger partial charge in [0.05, 0.1) is 15.7 Å². The molecule has 2 amide bonds. The van der Waals surface area contributed by atoms with Gasteiger partial charge in [-0.3, -0.25) is 0 Å². The van der Waals surface area contributed by atoms with Crippen LogP contribution >= 0.6 is 23.2 Å². The van der Waals surface area contributed by atoms with Crippen molar-refractivity contribution in [3.63, 3.8) is 0 Å². The first kappa shape index (κ1) is 15.2. The molecule has 114 valence electrons. The summed E-state index contributed by atoms with van der Waals surface area (Å²) in [7, 11) is 0. The summed E-state index contributed by atoms with van der Waals surface area (Å²) in [6, 6.07) is 15.2. The van der Waals surface area contributed by atoms with Crippen LogP contribution in [-0.4, -0.2) is 12.6 Å². The molecule has 22 heavy (non-hydrogen) atoms. The summed E-state index contributed by atoms with van der Waals surface area (Å²) in [5.74, 6) is 0. The predicted molar refractivity (Wildman–Crippen MR) is 90.8 cm³/mol. The molecular weight excluding hydrogens is 319 g/mol. The van der Waals surface area contributed by atoms with Gasteiger partial charge in [0.25, 0.3) is 0 Å². The van der Waals surface area contributed by atoms with Gasteiger partial charge < -0.3 is 10.6 Å². The minimum atomic E-state index is -0.272. The standard InChI is InChI=1S/C17H16Cl2N2O/c18-13-7-4-8-14(15(13)19)21-16(22)20-11-17(9-10-17)12-5-2-1-3-6-12/h1-8H,9-11H2,(H2,20,21,22). The SMILES string of the molecule is O=C(NCC1(c2ccccc2)CC1)Nc1cccc(Cl)c1Cl.